The van der Waals surface area contributed by atoms with E-state index < -0.39 is 5.97 Å². The number of hydrogen-bond acceptors (Lipinski definition) is 3. The van der Waals surface area contributed by atoms with Crippen molar-refractivity contribution in [3.8, 4) is 0 Å². The average molecular weight is 449 g/mol. The maximum Gasteiger partial charge on any atom is 0.292 e. The molecular weight excluding hydrogens is 396 g/mol. The van der Waals surface area contributed by atoms with E-state index in [1.807, 2.05) is 0 Å². The highest BCUT2D eigenvalue weighted by molar-refractivity contribution is 5.28. The van der Waals surface area contributed by atoms with Crippen molar-refractivity contribution in [1.82, 2.24) is 0 Å². The largest absolute Gasteiger partial charge is 0.330 e. The molecule has 0 spiro atoms. The van der Waals surface area contributed by atoms with Crippen LogP contribution < -0.4 is 0 Å². The predicted octanol–water partition coefficient (Wildman–Crippen LogP) is 8.80. The van der Waals surface area contributed by atoms with Gasteiger partial charge in [-0.2, -0.15) is 0 Å². The van der Waals surface area contributed by atoms with Gasteiger partial charge in [0, 0.05) is 21.3 Å². The Hall–Kier alpha value is -0.900. The molecule has 1 aromatic rings. The van der Waals surface area contributed by atoms with Gasteiger partial charge in [0.05, 0.1) is 5.41 Å². The Bertz CT molecular complexity index is 532. The molecule has 0 aliphatic heterocycles. The predicted molar refractivity (Wildman–Crippen MR) is 137 cm³/mol. The number of methoxy groups -OCH3 is 3. The van der Waals surface area contributed by atoms with Gasteiger partial charge in [-0.05, 0) is 18.4 Å². The van der Waals surface area contributed by atoms with E-state index >= 15 is 0 Å². The molecule has 0 aliphatic rings. The maximum absolute atomic E-state index is 6.03. The summed E-state index contributed by atoms with van der Waals surface area (Å²) in [5.41, 5.74) is 0.946. The third-order valence-electron chi connectivity index (χ3n) is 7.13. The molecule has 0 fully saturated rings. The van der Waals surface area contributed by atoms with Crippen LogP contribution in [0.1, 0.15) is 122 Å². The molecule has 0 saturated heterocycles. The highest BCUT2D eigenvalue weighted by Crippen LogP contribution is 2.47. The Labute approximate surface area is 199 Å². The summed E-state index contributed by atoms with van der Waals surface area (Å²) in [4.78, 5) is 0. The molecule has 0 amide bonds. The van der Waals surface area contributed by atoms with E-state index in [0.29, 0.717) is 0 Å². The summed E-state index contributed by atoms with van der Waals surface area (Å²) in [6, 6.07) is 10.8. The number of ether oxygens (including phenoxy) is 3. The summed E-state index contributed by atoms with van der Waals surface area (Å²) in [5.74, 6) is -1.07. The number of unbranched alkanes of at least 4 members (excludes halogenated alkanes) is 12. The molecule has 3 heteroatoms. The van der Waals surface area contributed by atoms with Crippen LogP contribution in [0, 0.1) is 0 Å². The molecule has 1 rings (SSSR count). The fraction of sp³-hybridized carbons (Fsp3) is 0.793. The van der Waals surface area contributed by atoms with E-state index in [4.69, 9.17) is 14.2 Å². The van der Waals surface area contributed by atoms with Gasteiger partial charge in [-0.15, -0.1) is 0 Å². The second-order valence-electron chi connectivity index (χ2n) is 9.36. The maximum atomic E-state index is 6.03. The minimum absolute atomic E-state index is 0.320. The summed E-state index contributed by atoms with van der Waals surface area (Å²) in [7, 11) is 5.17. The lowest BCUT2D eigenvalue weighted by Crippen LogP contribution is -2.56. The number of benzene rings is 1. The molecule has 1 unspecified atom stereocenters. The van der Waals surface area contributed by atoms with E-state index in [1.54, 1.807) is 21.3 Å². The molecule has 0 heterocycles. The summed E-state index contributed by atoms with van der Waals surface area (Å²) < 4.78 is 18.1. The van der Waals surface area contributed by atoms with E-state index in [9.17, 15) is 0 Å². The van der Waals surface area contributed by atoms with Crippen molar-refractivity contribution >= 4 is 0 Å². The molecule has 0 radical (unpaired) electrons. The van der Waals surface area contributed by atoms with E-state index in [2.05, 4.69) is 44.2 Å². The van der Waals surface area contributed by atoms with Crippen molar-refractivity contribution in [2.24, 2.45) is 0 Å². The summed E-state index contributed by atoms with van der Waals surface area (Å²) in [5, 5.41) is 0. The van der Waals surface area contributed by atoms with Crippen LogP contribution in [0.25, 0.3) is 0 Å². The van der Waals surface area contributed by atoms with Gasteiger partial charge in [0.15, 0.2) is 0 Å². The van der Waals surface area contributed by atoms with Crippen molar-refractivity contribution in [3.63, 3.8) is 0 Å². The van der Waals surface area contributed by atoms with Crippen LogP contribution in [-0.4, -0.2) is 27.3 Å². The third kappa shape index (κ3) is 8.80. The monoisotopic (exact) mass is 448 g/mol. The van der Waals surface area contributed by atoms with Gasteiger partial charge in [0.2, 0.25) is 0 Å². The molecule has 1 aromatic carbocycles. The van der Waals surface area contributed by atoms with Gasteiger partial charge in [-0.25, -0.2) is 0 Å². The first-order chi connectivity index (χ1) is 15.7. The highest BCUT2D eigenvalue weighted by Gasteiger charge is 2.54. The average Bonchev–Trinajstić information content (AvgIpc) is 2.84. The Morgan fingerprint density at radius 2 is 0.906 bits per heavy atom. The van der Waals surface area contributed by atoms with E-state index in [0.717, 1.165) is 25.7 Å². The van der Waals surface area contributed by atoms with Gasteiger partial charge in [-0.1, -0.05) is 134 Å². The number of hydrogen-bond donors (Lipinski definition) is 0. The van der Waals surface area contributed by atoms with E-state index in [1.165, 1.54) is 82.6 Å². The molecule has 0 saturated carbocycles. The zero-order valence-electron chi connectivity index (χ0n) is 21.9. The minimum atomic E-state index is -1.07. The molecule has 0 aliphatic carbocycles. The quantitative estimate of drug-likeness (QED) is 0.139. The molecule has 0 N–H and O–H groups in total. The van der Waals surface area contributed by atoms with Gasteiger partial charge < -0.3 is 14.2 Å². The first kappa shape index (κ1) is 29.1. The zero-order chi connectivity index (χ0) is 23.5. The minimum Gasteiger partial charge on any atom is -0.330 e. The lowest BCUT2D eigenvalue weighted by molar-refractivity contribution is -0.390. The van der Waals surface area contributed by atoms with Crippen LogP contribution in [0.15, 0.2) is 30.3 Å². The lowest BCUT2D eigenvalue weighted by Gasteiger charge is -2.47. The lowest BCUT2D eigenvalue weighted by atomic mass is 9.70. The Morgan fingerprint density at radius 3 is 1.28 bits per heavy atom. The second kappa shape index (κ2) is 17.6. The molecular formula is C29H52O3. The SMILES string of the molecule is CCCCCCCCCCC(CCCCCCCC)(c1ccccc1)C(OC)(OC)OC. The van der Waals surface area contributed by atoms with Gasteiger partial charge in [0.1, 0.15) is 0 Å². The van der Waals surface area contributed by atoms with Crippen LogP contribution in [0.4, 0.5) is 0 Å². The van der Waals surface area contributed by atoms with Crippen LogP contribution >= 0.6 is 0 Å². The smallest absolute Gasteiger partial charge is 0.292 e. The second-order valence-corrected chi connectivity index (χ2v) is 9.36. The summed E-state index contributed by atoms with van der Waals surface area (Å²) in [6.07, 6.45) is 20.2. The van der Waals surface area contributed by atoms with Crippen molar-refractivity contribution < 1.29 is 14.2 Å². The first-order valence-electron chi connectivity index (χ1n) is 13.4. The van der Waals surface area contributed by atoms with Crippen molar-refractivity contribution in [2.45, 2.75) is 128 Å². The van der Waals surface area contributed by atoms with Crippen LogP contribution in [0.2, 0.25) is 0 Å². The first-order valence-corrected chi connectivity index (χ1v) is 13.4. The zero-order valence-corrected chi connectivity index (χ0v) is 21.9. The van der Waals surface area contributed by atoms with Crippen molar-refractivity contribution in [2.75, 3.05) is 21.3 Å². The molecule has 0 bridgehead atoms. The summed E-state index contributed by atoms with van der Waals surface area (Å²) in [6.45, 7) is 4.55. The van der Waals surface area contributed by atoms with E-state index in [-0.39, 0.29) is 5.41 Å². The Morgan fingerprint density at radius 1 is 0.531 bits per heavy atom. The molecule has 1 atom stereocenters. The fourth-order valence-electron chi connectivity index (χ4n) is 5.26. The van der Waals surface area contributed by atoms with Crippen LogP contribution in [0.5, 0.6) is 0 Å². The van der Waals surface area contributed by atoms with Crippen molar-refractivity contribution in [1.29, 1.82) is 0 Å². The van der Waals surface area contributed by atoms with Crippen LogP contribution in [-0.2, 0) is 19.6 Å². The summed E-state index contributed by atoms with van der Waals surface area (Å²) >= 11 is 0. The van der Waals surface area contributed by atoms with Gasteiger partial charge in [0.25, 0.3) is 5.97 Å². The standard InChI is InChI=1S/C29H52O3/c1-6-8-10-12-14-15-17-22-26-28(27-23-19-18-20-24-27,29(30-3,31-4)32-5)25-21-16-13-11-9-7-2/h18-20,23-24H,6-17,21-22,25-26H2,1-5H3. The van der Waals surface area contributed by atoms with Crippen molar-refractivity contribution in [3.05, 3.63) is 35.9 Å². The fourth-order valence-corrected chi connectivity index (χ4v) is 5.26. The molecule has 0 aromatic heterocycles. The normalized spacial score (nSPS) is 13.9. The Balaban J connectivity index is 2.95. The van der Waals surface area contributed by atoms with Gasteiger partial charge in [-0.3, -0.25) is 0 Å². The van der Waals surface area contributed by atoms with Crippen LogP contribution in [0.3, 0.4) is 0 Å². The highest BCUT2D eigenvalue weighted by atomic mass is 16.9. The topological polar surface area (TPSA) is 27.7 Å². The third-order valence-corrected chi connectivity index (χ3v) is 7.13. The van der Waals surface area contributed by atoms with Gasteiger partial charge >= 0.3 is 0 Å². The molecule has 3 nitrogen and oxygen atoms in total. The number of rotatable bonds is 21. The molecule has 186 valence electrons. The molecule has 32 heavy (non-hydrogen) atoms. The Kier molecular flexibility index (Phi) is 16.0.